The standard InChI is InChI=1S/C22H14F2N2O4/c1-30-22(29)11-3-2-4-14(7-11)25-21(28)17-10-13(24)9-16-19(17)26-18-6-5-12(23)8-15(18)20(16)27/h2-10H,1H3,(H,25,28)(H,26,27). The molecule has 150 valence electrons. The molecular formula is C22H14F2N2O4. The molecule has 3 aromatic carbocycles. The van der Waals surface area contributed by atoms with Gasteiger partial charge in [-0.1, -0.05) is 6.07 Å². The van der Waals surface area contributed by atoms with Gasteiger partial charge in [-0.05, 0) is 48.5 Å². The van der Waals surface area contributed by atoms with E-state index in [1.807, 2.05) is 0 Å². The van der Waals surface area contributed by atoms with Gasteiger partial charge in [-0.25, -0.2) is 13.6 Å². The highest BCUT2D eigenvalue weighted by Crippen LogP contribution is 2.22. The summed E-state index contributed by atoms with van der Waals surface area (Å²) in [6.07, 6.45) is 0. The molecule has 0 fully saturated rings. The van der Waals surface area contributed by atoms with Gasteiger partial charge in [-0.3, -0.25) is 9.59 Å². The number of anilines is 1. The highest BCUT2D eigenvalue weighted by atomic mass is 19.1. The van der Waals surface area contributed by atoms with E-state index in [0.717, 1.165) is 18.2 Å². The molecule has 0 aliphatic carbocycles. The Bertz CT molecular complexity index is 1400. The van der Waals surface area contributed by atoms with Gasteiger partial charge in [0.1, 0.15) is 11.6 Å². The van der Waals surface area contributed by atoms with Crippen molar-refractivity contribution in [2.24, 2.45) is 0 Å². The van der Waals surface area contributed by atoms with Gasteiger partial charge in [-0.15, -0.1) is 0 Å². The van der Waals surface area contributed by atoms with Gasteiger partial charge in [0.05, 0.1) is 23.8 Å². The minimum Gasteiger partial charge on any atom is -0.465 e. The number of aromatic nitrogens is 1. The number of rotatable bonds is 3. The predicted octanol–water partition coefficient (Wildman–Crippen LogP) is 4.00. The largest absolute Gasteiger partial charge is 0.465 e. The molecule has 1 heterocycles. The third-order valence-electron chi connectivity index (χ3n) is 4.62. The summed E-state index contributed by atoms with van der Waals surface area (Å²) in [5.74, 6) is -2.67. The second kappa shape index (κ2) is 7.40. The quantitative estimate of drug-likeness (QED) is 0.396. The first kappa shape index (κ1) is 19.3. The molecule has 0 aliphatic rings. The van der Waals surface area contributed by atoms with Gasteiger partial charge in [0.2, 0.25) is 0 Å². The molecule has 0 saturated heterocycles. The number of carbonyl (C=O) groups excluding carboxylic acids is 2. The number of hydrogen-bond donors (Lipinski definition) is 2. The fraction of sp³-hybridized carbons (Fsp3) is 0.0455. The number of benzene rings is 3. The van der Waals surface area contributed by atoms with Crippen LogP contribution in [0.25, 0.3) is 21.8 Å². The molecule has 0 spiro atoms. The van der Waals surface area contributed by atoms with Crippen molar-refractivity contribution in [2.75, 3.05) is 12.4 Å². The maximum Gasteiger partial charge on any atom is 0.337 e. The molecule has 30 heavy (non-hydrogen) atoms. The van der Waals surface area contributed by atoms with Gasteiger partial charge in [0.15, 0.2) is 5.43 Å². The predicted molar refractivity (Wildman–Crippen MR) is 108 cm³/mol. The van der Waals surface area contributed by atoms with E-state index in [2.05, 4.69) is 15.0 Å². The van der Waals surface area contributed by atoms with Crippen molar-refractivity contribution in [3.05, 3.63) is 87.6 Å². The number of fused-ring (bicyclic) bond motifs is 2. The van der Waals surface area contributed by atoms with E-state index in [9.17, 15) is 23.2 Å². The second-order valence-electron chi connectivity index (χ2n) is 6.55. The molecule has 4 rings (SSSR count). The summed E-state index contributed by atoms with van der Waals surface area (Å²) in [7, 11) is 1.24. The second-order valence-corrected chi connectivity index (χ2v) is 6.55. The first-order chi connectivity index (χ1) is 14.4. The lowest BCUT2D eigenvalue weighted by molar-refractivity contribution is 0.0600. The lowest BCUT2D eigenvalue weighted by atomic mass is 10.0. The van der Waals surface area contributed by atoms with Crippen LogP contribution in [-0.2, 0) is 4.74 Å². The summed E-state index contributed by atoms with van der Waals surface area (Å²) >= 11 is 0. The van der Waals surface area contributed by atoms with E-state index >= 15 is 0 Å². The Morgan fingerprint density at radius 3 is 2.50 bits per heavy atom. The van der Waals surface area contributed by atoms with Gasteiger partial charge in [0, 0.05) is 22.0 Å². The highest BCUT2D eigenvalue weighted by molar-refractivity contribution is 6.13. The molecular weight excluding hydrogens is 394 g/mol. The highest BCUT2D eigenvalue weighted by Gasteiger charge is 2.17. The molecule has 6 nitrogen and oxygen atoms in total. The Balaban J connectivity index is 1.83. The molecule has 0 bridgehead atoms. The van der Waals surface area contributed by atoms with Crippen LogP contribution >= 0.6 is 0 Å². The van der Waals surface area contributed by atoms with Crippen LogP contribution in [0.15, 0.2) is 59.4 Å². The van der Waals surface area contributed by atoms with Crippen molar-refractivity contribution >= 4 is 39.4 Å². The zero-order chi connectivity index (χ0) is 21.4. The lowest BCUT2D eigenvalue weighted by Gasteiger charge is -2.10. The molecule has 0 saturated carbocycles. The normalized spacial score (nSPS) is 10.9. The van der Waals surface area contributed by atoms with Crippen LogP contribution in [-0.4, -0.2) is 24.0 Å². The van der Waals surface area contributed by atoms with E-state index in [-0.39, 0.29) is 33.1 Å². The summed E-state index contributed by atoms with van der Waals surface area (Å²) in [4.78, 5) is 40.2. The number of halogens is 2. The van der Waals surface area contributed by atoms with Gasteiger partial charge in [-0.2, -0.15) is 0 Å². The smallest absolute Gasteiger partial charge is 0.337 e. The summed E-state index contributed by atoms with van der Waals surface area (Å²) in [5, 5.41) is 2.54. The van der Waals surface area contributed by atoms with Gasteiger partial charge >= 0.3 is 5.97 Å². The number of ether oxygens (including phenoxy) is 1. The first-order valence-corrected chi connectivity index (χ1v) is 8.82. The molecule has 0 unspecified atom stereocenters. The number of pyridine rings is 1. The number of carbonyl (C=O) groups is 2. The van der Waals surface area contributed by atoms with Crippen LogP contribution in [0.3, 0.4) is 0 Å². The molecule has 4 aromatic rings. The summed E-state index contributed by atoms with van der Waals surface area (Å²) in [6.45, 7) is 0. The number of aromatic amines is 1. The number of amides is 1. The Labute approximate surface area is 168 Å². The van der Waals surface area contributed by atoms with Crippen LogP contribution in [0.1, 0.15) is 20.7 Å². The van der Waals surface area contributed by atoms with Crippen LogP contribution < -0.4 is 10.7 Å². The van der Waals surface area contributed by atoms with Crippen LogP contribution in [0.4, 0.5) is 14.5 Å². The van der Waals surface area contributed by atoms with Crippen molar-refractivity contribution in [1.29, 1.82) is 0 Å². The maximum atomic E-state index is 14.2. The zero-order valence-corrected chi connectivity index (χ0v) is 15.6. The number of methoxy groups -OCH3 is 1. The molecule has 2 N–H and O–H groups in total. The third-order valence-corrected chi connectivity index (χ3v) is 4.62. The number of H-pyrrole nitrogens is 1. The van der Waals surface area contributed by atoms with Gasteiger partial charge < -0.3 is 15.0 Å². The molecule has 1 aromatic heterocycles. The van der Waals surface area contributed by atoms with E-state index in [1.165, 1.54) is 31.4 Å². The van der Waals surface area contributed by atoms with Crippen LogP contribution in [0.5, 0.6) is 0 Å². The zero-order valence-electron chi connectivity index (χ0n) is 15.6. The number of nitrogens with one attached hydrogen (secondary N) is 2. The fourth-order valence-corrected chi connectivity index (χ4v) is 3.23. The molecule has 1 amide bonds. The Kier molecular flexibility index (Phi) is 4.75. The Hall–Kier alpha value is -4.07. The molecule has 0 atom stereocenters. The average molecular weight is 408 g/mol. The van der Waals surface area contributed by atoms with E-state index in [1.54, 1.807) is 12.1 Å². The van der Waals surface area contributed by atoms with Crippen molar-refractivity contribution < 1.29 is 23.1 Å². The SMILES string of the molecule is COC(=O)c1cccc(NC(=O)c2cc(F)cc3c(=O)c4cc(F)ccc4[nH]c23)c1. The Morgan fingerprint density at radius 2 is 1.73 bits per heavy atom. The first-order valence-electron chi connectivity index (χ1n) is 8.82. The van der Waals surface area contributed by atoms with E-state index < -0.39 is 28.9 Å². The number of hydrogen-bond acceptors (Lipinski definition) is 4. The molecule has 0 radical (unpaired) electrons. The maximum absolute atomic E-state index is 14.2. The van der Waals surface area contributed by atoms with Crippen molar-refractivity contribution in [3.63, 3.8) is 0 Å². The van der Waals surface area contributed by atoms with Crippen LogP contribution in [0, 0.1) is 11.6 Å². The number of esters is 1. The van der Waals surface area contributed by atoms with Gasteiger partial charge in [0.25, 0.3) is 5.91 Å². The summed E-state index contributed by atoms with van der Waals surface area (Å²) < 4.78 is 32.4. The molecule has 8 heteroatoms. The summed E-state index contributed by atoms with van der Waals surface area (Å²) in [6, 6.07) is 11.6. The monoisotopic (exact) mass is 408 g/mol. The van der Waals surface area contributed by atoms with E-state index in [0.29, 0.717) is 5.52 Å². The lowest BCUT2D eigenvalue weighted by Crippen LogP contribution is -2.16. The minimum atomic E-state index is -0.794. The van der Waals surface area contributed by atoms with E-state index in [4.69, 9.17) is 0 Å². The Morgan fingerprint density at radius 1 is 0.967 bits per heavy atom. The average Bonchev–Trinajstić information content (AvgIpc) is 2.74. The van der Waals surface area contributed by atoms with Crippen molar-refractivity contribution in [2.45, 2.75) is 0 Å². The van der Waals surface area contributed by atoms with Crippen molar-refractivity contribution in [3.8, 4) is 0 Å². The topological polar surface area (TPSA) is 88.3 Å². The molecule has 0 aliphatic heterocycles. The van der Waals surface area contributed by atoms with Crippen molar-refractivity contribution in [1.82, 2.24) is 4.98 Å². The minimum absolute atomic E-state index is 0.0465. The van der Waals surface area contributed by atoms with Crippen LogP contribution in [0.2, 0.25) is 0 Å². The third kappa shape index (κ3) is 3.39. The fourth-order valence-electron chi connectivity index (χ4n) is 3.23. The summed E-state index contributed by atoms with van der Waals surface area (Å²) in [5.41, 5.74) is 0.215.